The highest BCUT2D eigenvalue weighted by Crippen LogP contribution is 2.31. The summed E-state index contributed by atoms with van der Waals surface area (Å²) in [6.07, 6.45) is 1.43. The molecule has 2 aromatic rings. The Balaban J connectivity index is 1.80. The van der Waals surface area contributed by atoms with E-state index in [9.17, 15) is 4.79 Å². The number of furan rings is 1. The molecule has 4 heteroatoms. The van der Waals surface area contributed by atoms with Crippen molar-refractivity contribution in [2.24, 2.45) is 5.41 Å². The molecule has 0 saturated carbocycles. The fraction of sp³-hybridized carbons (Fsp3) is 0.412. The molecule has 0 bridgehead atoms. The third kappa shape index (κ3) is 2.52. The molecule has 1 amide bonds. The van der Waals surface area contributed by atoms with Crippen LogP contribution in [0.25, 0.3) is 11.0 Å². The quantitative estimate of drug-likeness (QED) is 0.804. The van der Waals surface area contributed by atoms with E-state index < -0.39 is 0 Å². The highest BCUT2D eigenvalue weighted by molar-refractivity contribution is 5.96. The van der Waals surface area contributed by atoms with Crippen LogP contribution in [0.2, 0.25) is 0 Å². The number of hydrogen-bond donors (Lipinski definition) is 0. The van der Waals surface area contributed by atoms with Gasteiger partial charge in [0.25, 0.3) is 5.91 Å². The number of likely N-dealkylation sites (tertiary alicyclic amines) is 1. The van der Waals surface area contributed by atoms with Crippen LogP contribution in [0.4, 0.5) is 0 Å². The third-order valence-corrected chi connectivity index (χ3v) is 4.31. The topological polar surface area (TPSA) is 57.2 Å². The molecule has 21 heavy (non-hydrogen) atoms. The predicted octanol–water partition coefficient (Wildman–Crippen LogP) is 3.51. The average Bonchev–Trinajstić information content (AvgIpc) is 2.90. The summed E-state index contributed by atoms with van der Waals surface area (Å²) in [7, 11) is 0. The number of rotatable bonds is 1. The normalized spacial score (nSPS) is 17.7. The summed E-state index contributed by atoms with van der Waals surface area (Å²) in [4.78, 5) is 14.3. The van der Waals surface area contributed by atoms with Crippen LogP contribution in [0.1, 0.15) is 35.9 Å². The minimum absolute atomic E-state index is 0.0798. The summed E-state index contributed by atoms with van der Waals surface area (Å²) < 4.78 is 5.66. The number of nitriles is 1. The number of fused-ring (bicyclic) bond motifs is 1. The van der Waals surface area contributed by atoms with E-state index in [1.54, 1.807) is 4.90 Å². The van der Waals surface area contributed by atoms with Crippen molar-refractivity contribution in [3.63, 3.8) is 0 Å². The van der Waals surface area contributed by atoms with Crippen molar-refractivity contribution in [3.05, 3.63) is 35.6 Å². The number of amides is 1. The molecule has 4 nitrogen and oxygen atoms in total. The molecule has 1 aromatic heterocycles. The van der Waals surface area contributed by atoms with E-state index in [2.05, 4.69) is 6.07 Å². The lowest BCUT2D eigenvalue weighted by Crippen LogP contribution is -2.41. The summed E-state index contributed by atoms with van der Waals surface area (Å²) in [5.41, 5.74) is 1.58. The van der Waals surface area contributed by atoms with Gasteiger partial charge in [-0.05, 0) is 44.9 Å². The van der Waals surface area contributed by atoms with E-state index >= 15 is 0 Å². The molecule has 0 atom stereocenters. The van der Waals surface area contributed by atoms with E-state index in [4.69, 9.17) is 9.68 Å². The van der Waals surface area contributed by atoms with Gasteiger partial charge in [0.15, 0.2) is 5.76 Å². The van der Waals surface area contributed by atoms with E-state index in [0.29, 0.717) is 31.7 Å². The first-order chi connectivity index (χ1) is 10.0. The Morgan fingerprint density at radius 1 is 1.33 bits per heavy atom. The second kappa shape index (κ2) is 4.92. The van der Waals surface area contributed by atoms with E-state index in [0.717, 1.165) is 16.5 Å². The summed E-state index contributed by atoms with van der Waals surface area (Å²) in [6, 6.07) is 10.0. The highest BCUT2D eigenvalue weighted by atomic mass is 16.3. The molecule has 1 fully saturated rings. The molecule has 0 unspecified atom stereocenters. The van der Waals surface area contributed by atoms with Crippen molar-refractivity contribution in [1.29, 1.82) is 5.26 Å². The first-order valence-corrected chi connectivity index (χ1v) is 7.21. The van der Waals surface area contributed by atoms with Gasteiger partial charge < -0.3 is 9.32 Å². The maximum Gasteiger partial charge on any atom is 0.289 e. The number of nitrogens with zero attached hydrogens (tertiary/aromatic N) is 2. The van der Waals surface area contributed by atoms with Gasteiger partial charge in [0, 0.05) is 18.5 Å². The van der Waals surface area contributed by atoms with Crippen LogP contribution in [0.5, 0.6) is 0 Å². The van der Waals surface area contributed by atoms with Crippen LogP contribution in [0, 0.1) is 23.7 Å². The molecule has 0 N–H and O–H groups in total. The Labute approximate surface area is 123 Å². The van der Waals surface area contributed by atoms with Gasteiger partial charge in [-0.15, -0.1) is 0 Å². The van der Waals surface area contributed by atoms with Crippen molar-refractivity contribution >= 4 is 16.9 Å². The average molecular weight is 282 g/mol. The Kier molecular flexibility index (Phi) is 3.21. The molecule has 0 aliphatic carbocycles. The SMILES string of the molecule is Cc1ccc2oc(C(=O)N3CCC(C)(C#N)CC3)cc2c1. The molecule has 1 aliphatic heterocycles. The van der Waals surface area contributed by atoms with Gasteiger partial charge in [0.1, 0.15) is 5.58 Å². The van der Waals surface area contributed by atoms with Crippen LogP contribution in [0.3, 0.4) is 0 Å². The second-order valence-corrected chi connectivity index (χ2v) is 6.12. The van der Waals surface area contributed by atoms with Crippen molar-refractivity contribution < 1.29 is 9.21 Å². The zero-order chi connectivity index (χ0) is 15.0. The minimum atomic E-state index is -0.304. The fourth-order valence-electron chi connectivity index (χ4n) is 2.74. The maximum atomic E-state index is 12.5. The zero-order valence-electron chi connectivity index (χ0n) is 12.3. The van der Waals surface area contributed by atoms with Crippen molar-refractivity contribution in [1.82, 2.24) is 4.90 Å². The van der Waals surface area contributed by atoms with E-state index in [-0.39, 0.29) is 11.3 Å². The Hall–Kier alpha value is -2.28. The molecule has 3 rings (SSSR count). The lowest BCUT2D eigenvalue weighted by molar-refractivity contribution is 0.0632. The molecule has 1 aliphatic rings. The molecule has 1 saturated heterocycles. The van der Waals surface area contributed by atoms with Gasteiger partial charge in [-0.3, -0.25) is 4.79 Å². The zero-order valence-corrected chi connectivity index (χ0v) is 12.3. The molecule has 1 aromatic carbocycles. The van der Waals surface area contributed by atoms with Crippen molar-refractivity contribution in [2.45, 2.75) is 26.7 Å². The van der Waals surface area contributed by atoms with Gasteiger partial charge in [-0.1, -0.05) is 11.6 Å². The summed E-state index contributed by atoms with van der Waals surface area (Å²) in [6.45, 7) is 5.19. The Morgan fingerprint density at radius 3 is 2.71 bits per heavy atom. The van der Waals surface area contributed by atoms with Crippen LogP contribution < -0.4 is 0 Å². The maximum absolute atomic E-state index is 12.5. The van der Waals surface area contributed by atoms with Gasteiger partial charge in [-0.25, -0.2) is 0 Å². The highest BCUT2D eigenvalue weighted by Gasteiger charge is 2.32. The van der Waals surface area contributed by atoms with Crippen molar-refractivity contribution in [2.75, 3.05) is 13.1 Å². The fourth-order valence-corrected chi connectivity index (χ4v) is 2.74. The number of piperidine rings is 1. The summed E-state index contributed by atoms with van der Waals surface area (Å²) in [5.74, 6) is 0.306. The molecule has 2 heterocycles. The van der Waals surface area contributed by atoms with Crippen LogP contribution in [-0.2, 0) is 0 Å². The monoisotopic (exact) mass is 282 g/mol. The van der Waals surface area contributed by atoms with Crippen molar-refractivity contribution in [3.8, 4) is 6.07 Å². The molecular weight excluding hydrogens is 264 g/mol. The van der Waals surface area contributed by atoms with Crippen LogP contribution in [-0.4, -0.2) is 23.9 Å². The third-order valence-electron chi connectivity index (χ3n) is 4.31. The first kappa shape index (κ1) is 13.7. The number of aryl methyl sites for hydroxylation is 1. The Morgan fingerprint density at radius 2 is 2.05 bits per heavy atom. The van der Waals surface area contributed by atoms with Crippen LogP contribution in [0.15, 0.2) is 28.7 Å². The van der Waals surface area contributed by atoms with Gasteiger partial charge in [0.05, 0.1) is 11.5 Å². The number of carbonyl (C=O) groups is 1. The largest absolute Gasteiger partial charge is 0.451 e. The summed E-state index contributed by atoms with van der Waals surface area (Å²) >= 11 is 0. The van der Waals surface area contributed by atoms with Gasteiger partial charge >= 0.3 is 0 Å². The number of carbonyl (C=O) groups excluding carboxylic acids is 1. The molecular formula is C17H18N2O2. The summed E-state index contributed by atoms with van der Waals surface area (Å²) in [5, 5.41) is 10.1. The molecule has 0 radical (unpaired) electrons. The molecule has 0 spiro atoms. The molecule has 108 valence electrons. The Bertz CT molecular complexity index is 731. The number of hydrogen-bond acceptors (Lipinski definition) is 3. The number of benzene rings is 1. The lowest BCUT2D eigenvalue weighted by atomic mass is 9.82. The first-order valence-electron chi connectivity index (χ1n) is 7.21. The van der Waals surface area contributed by atoms with Gasteiger partial charge in [0.2, 0.25) is 0 Å². The smallest absolute Gasteiger partial charge is 0.289 e. The van der Waals surface area contributed by atoms with E-state index in [1.165, 1.54) is 0 Å². The van der Waals surface area contributed by atoms with Crippen LogP contribution >= 0.6 is 0 Å². The minimum Gasteiger partial charge on any atom is -0.451 e. The lowest BCUT2D eigenvalue weighted by Gasteiger charge is -2.34. The second-order valence-electron chi connectivity index (χ2n) is 6.12. The standard InChI is InChI=1S/C17H18N2O2/c1-12-3-4-14-13(9-12)10-15(21-14)16(20)19-7-5-17(2,11-18)6-8-19/h3-4,9-10H,5-8H2,1-2H3. The van der Waals surface area contributed by atoms with E-state index in [1.807, 2.05) is 38.1 Å². The van der Waals surface area contributed by atoms with Gasteiger partial charge in [-0.2, -0.15) is 5.26 Å². The predicted molar refractivity (Wildman–Crippen MR) is 79.8 cm³/mol.